The van der Waals surface area contributed by atoms with Crippen molar-refractivity contribution in [3.63, 3.8) is 0 Å². The molecule has 1 N–H and O–H groups in total. The molecule has 0 aromatic carbocycles. The summed E-state index contributed by atoms with van der Waals surface area (Å²) in [5.74, 6) is 0.311. The number of aromatic amines is 1. The normalized spacial score (nSPS) is 10.6. The van der Waals surface area contributed by atoms with E-state index in [4.69, 9.17) is 0 Å². The quantitative estimate of drug-likeness (QED) is 0.789. The van der Waals surface area contributed by atoms with Crippen molar-refractivity contribution in [3.8, 4) is 0 Å². The molecule has 0 saturated heterocycles. The van der Waals surface area contributed by atoms with Crippen LogP contribution >= 0.6 is 11.3 Å². The van der Waals surface area contributed by atoms with E-state index in [1.165, 1.54) is 11.3 Å². The Kier molecular flexibility index (Phi) is 2.40. The fourth-order valence-electron chi connectivity index (χ4n) is 1.24. The molecule has 5 heteroatoms. The third-order valence-corrected chi connectivity index (χ3v) is 3.10. The molecule has 2 aromatic heterocycles. The van der Waals surface area contributed by atoms with Gasteiger partial charge in [-0.15, -0.1) is 11.3 Å². The van der Waals surface area contributed by atoms with Crippen LogP contribution in [0, 0.1) is 20.8 Å². The standard InChI is InChI=1S/C10H11N3OS/c1-5-6(2)13-10(12-5)9(14)8-4-11-7(3)15-8/h4H,1-3H3,(H,12,13). The molecule has 0 spiro atoms. The van der Waals surface area contributed by atoms with E-state index in [1.54, 1.807) is 6.20 Å². The summed E-state index contributed by atoms with van der Waals surface area (Å²) in [6.07, 6.45) is 1.59. The molecule has 78 valence electrons. The second kappa shape index (κ2) is 3.58. The largest absolute Gasteiger partial charge is 0.339 e. The number of carbonyl (C=O) groups excluding carboxylic acids is 1. The van der Waals surface area contributed by atoms with Crippen molar-refractivity contribution in [1.82, 2.24) is 15.0 Å². The molecule has 0 aliphatic rings. The van der Waals surface area contributed by atoms with Gasteiger partial charge in [0.15, 0.2) is 5.82 Å². The monoisotopic (exact) mass is 221 g/mol. The summed E-state index contributed by atoms with van der Waals surface area (Å²) in [6, 6.07) is 0. The molecule has 0 aliphatic heterocycles. The number of aryl methyl sites for hydroxylation is 3. The lowest BCUT2D eigenvalue weighted by Crippen LogP contribution is -2.01. The van der Waals surface area contributed by atoms with Crippen LogP contribution in [0.2, 0.25) is 0 Å². The first-order chi connectivity index (χ1) is 7.08. The summed E-state index contributed by atoms with van der Waals surface area (Å²) >= 11 is 1.39. The maximum absolute atomic E-state index is 11.9. The molecule has 0 unspecified atom stereocenters. The van der Waals surface area contributed by atoms with E-state index in [-0.39, 0.29) is 5.78 Å². The van der Waals surface area contributed by atoms with Gasteiger partial charge in [-0.1, -0.05) is 0 Å². The lowest BCUT2D eigenvalue weighted by atomic mass is 10.3. The lowest BCUT2D eigenvalue weighted by Gasteiger charge is -1.89. The number of imidazole rings is 1. The van der Waals surface area contributed by atoms with Crippen molar-refractivity contribution in [2.24, 2.45) is 0 Å². The van der Waals surface area contributed by atoms with Gasteiger partial charge < -0.3 is 4.98 Å². The molecule has 0 saturated carbocycles. The van der Waals surface area contributed by atoms with E-state index in [9.17, 15) is 4.79 Å². The summed E-state index contributed by atoms with van der Waals surface area (Å²) < 4.78 is 0. The van der Waals surface area contributed by atoms with Gasteiger partial charge in [-0.3, -0.25) is 4.79 Å². The molecule has 2 aromatic rings. The number of ketones is 1. The zero-order valence-corrected chi connectivity index (χ0v) is 9.60. The molecule has 15 heavy (non-hydrogen) atoms. The Bertz CT molecular complexity index is 493. The zero-order valence-electron chi connectivity index (χ0n) is 8.79. The molecule has 4 nitrogen and oxygen atoms in total. The minimum absolute atomic E-state index is 0.0863. The first kappa shape index (κ1) is 10.0. The Morgan fingerprint density at radius 1 is 1.40 bits per heavy atom. The lowest BCUT2D eigenvalue weighted by molar-refractivity contribution is 0.103. The van der Waals surface area contributed by atoms with Gasteiger partial charge in [0.05, 0.1) is 15.6 Å². The van der Waals surface area contributed by atoms with Crippen LogP contribution in [0.3, 0.4) is 0 Å². The van der Waals surface area contributed by atoms with Crippen molar-refractivity contribution in [2.45, 2.75) is 20.8 Å². The third kappa shape index (κ3) is 1.83. The first-order valence-electron chi connectivity index (χ1n) is 4.58. The number of hydrogen-bond donors (Lipinski definition) is 1. The molecule has 0 atom stereocenters. The van der Waals surface area contributed by atoms with E-state index in [0.717, 1.165) is 16.4 Å². The van der Waals surface area contributed by atoms with E-state index in [0.29, 0.717) is 10.7 Å². The number of H-pyrrole nitrogens is 1. The second-order valence-corrected chi connectivity index (χ2v) is 4.60. The summed E-state index contributed by atoms with van der Waals surface area (Å²) in [4.78, 5) is 23.7. The van der Waals surface area contributed by atoms with Crippen molar-refractivity contribution < 1.29 is 4.79 Å². The number of nitrogens with zero attached hydrogens (tertiary/aromatic N) is 2. The maximum Gasteiger partial charge on any atom is 0.239 e. The number of carbonyl (C=O) groups is 1. The highest BCUT2D eigenvalue weighted by atomic mass is 32.1. The van der Waals surface area contributed by atoms with Crippen LogP contribution in [-0.2, 0) is 0 Å². The Morgan fingerprint density at radius 2 is 2.13 bits per heavy atom. The predicted molar refractivity (Wildman–Crippen MR) is 58.3 cm³/mol. The van der Waals surface area contributed by atoms with Gasteiger partial charge in [-0.25, -0.2) is 9.97 Å². The summed E-state index contributed by atoms with van der Waals surface area (Å²) in [6.45, 7) is 5.65. The van der Waals surface area contributed by atoms with Crippen molar-refractivity contribution >= 4 is 17.1 Å². The Balaban J connectivity index is 2.36. The van der Waals surface area contributed by atoms with Crippen molar-refractivity contribution in [2.75, 3.05) is 0 Å². The van der Waals surface area contributed by atoms with Crippen LogP contribution in [0.25, 0.3) is 0 Å². The molecule has 0 amide bonds. The topological polar surface area (TPSA) is 58.6 Å². The zero-order chi connectivity index (χ0) is 11.0. The minimum Gasteiger partial charge on any atom is -0.339 e. The smallest absolute Gasteiger partial charge is 0.239 e. The average Bonchev–Trinajstić information content (AvgIpc) is 2.74. The highest BCUT2D eigenvalue weighted by Gasteiger charge is 2.16. The van der Waals surface area contributed by atoms with Crippen molar-refractivity contribution in [1.29, 1.82) is 0 Å². The third-order valence-electron chi connectivity index (χ3n) is 2.19. The first-order valence-corrected chi connectivity index (χ1v) is 5.40. The van der Waals surface area contributed by atoms with E-state index >= 15 is 0 Å². The van der Waals surface area contributed by atoms with Crippen LogP contribution in [0.5, 0.6) is 0 Å². The summed E-state index contributed by atoms with van der Waals surface area (Å²) in [5, 5.41) is 0.887. The Hall–Kier alpha value is -1.49. The number of thiazole rings is 1. The van der Waals surface area contributed by atoms with Crippen LogP contribution in [-0.4, -0.2) is 20.7 Å². The highest BCUT2D eigenvalue weighted by Crippen LogP contribution is 2.15. The van der Waals surface area contributed by atoms with E-state index in [2.05, 4.69) is 15.0 Å². The predicted octanol–water partition coefficient (Wildman–Crippen LogP) is 2.02. The molecule has 0 fully saturated rings. The van der Waals surface area contributed by atoms with Gasteiger partial charge >= 0.3 is 0 Å². The molecule has 2 rings (SSSR count). The summed E-state index contributed by atoms with van der Waals surface area (Å²) in [5.41, 5.74) is 1.79. The molecule has 0 aliphatic carbocycles. The molecular weight excluding hydrogens is 210 g/mol. The molecule has 0 radical (unpaired) electrons. The van der Waals surface area contributed by atoms with Crippen molar-refractivity contribution in [3.05, 3.63) is 33.3 Å². The van der Waals surface area contributed by atoms with Gasteiger partial charge in [0.1, 0.15) is 0 Å². The van der Waals surface area contributed by atoms with Gasteiger partial charge in [-0.05, 0) is 20.8 Å². The molecule has 0 bridgehead atoms. The highest BCUT2D eigenvalue weighted by molar-refractivity contribution is 7.13. The average molecular weight is 221 g/mol. The van der Waals surface area contributed by atoms with Crippen LogP contribution in [0.15, 0.2) is 6.20 Å². The van der Waals surface area contributed by atoms with Crippen LogP contribution < -0.4 is 0 Å². The second-order valence-electron chi connectivity index (χ2n) is 3.37. The SMILES string of the molecule is Cc1ncc(C(=O)c2nc(C)c(C)[nH]2)s1. The Labute approximate surface area is 91.4 Å². The maximum atomic E-state index is 11.9. The van der Waals surface area contributed by atoms with E-state index < -0.39 is 0 Å². The number of hydrogen-bond acceptors (Lipinski definition) is 4. The minimum atomic E-state index is -0.0863. The Morgan fingerprint density at radius 3 is 2.60 bits per heavy atom. The van der Waals surface area contributed by atoms with E-state index in [1.807, 2.05) is 20.8 Å². The van der Waals surface area contributed by atoms with Gasteiger partial charge in [-0.2, -0.15) is 0 Å². The number of nitrogens with one attached hydrogen (secondary N) is 1. The van der Waals surface area contributed by atoms with Crippen LogP contribution in [0.4, 0.5) is 0 Å². The number of aromatic nitrogens is 3. The molecule has 2 heterocycles. The van der Waals surface area contributed by atoms with Crippen LogP contribution in [0.1, 0.15) is 31.9 Å². The van der Waals surface area contributed by atoms with Gasteiger partial charge in [0.25, 0.3) is 0 Å². The number of rotatable bonds is 2. The molecular formula is C10H11N3OS. The fraction of sp³-hybridized carbons (Fsp3) is 0.300. The summed E-state index contributed by atoms with van der Waals surface area (Å²) in [7, 11) is 0. The van der Waals surface area contributed by atoms with Gasteiger partial charge in [0, 0.05) is 11.9 Å². The fourth-order valence-corrected chi connectivity index (χ4v) is 1.96. The van der Waals surface area contributed by atoms with Gasteiger partial charge in [0.2, 0.25) is 5.78 Å².